The van der Waals surface area contributed by atoms with Crippen molar-refractivity contribution in [3.63, 3.8) is 0 Å². The third-order valence-corrected chi connectivity index (χ3v) is 4.60. The van der Waals surface area contributed by atoms with Crippen molar-refractivity contribution < 1.29 is 4.74 Å². The predicted molar refractivity (Wildman–Crippen MR) is 89.2 cm³/mol. The zero-order valence-corrected chi connectivity index (χ0v) is 13.5. The second-order valence-electron chi connectivity index (χ2n) is 5.09. The van der Waals surface area contributed by atoms with E-state index in [1.807, 2.05) is 30.2 Å². The van der Waals surface area contributed by atoms with E-state index in [2.05, 4.69) is 33.0 Å². The van der Waals surface area contributed by atoms with E-state index in [0.29, 0.717) is 6.61 Å². The lowest BCUT2D eigenvalue weighted by atomic mass is 10.2. The molecule has 6 heteroatoms. The Hall–Kier alpha value is -1.79. The molecule has 0 saturated carbocycles. The minimum Gasteiger partial charge on any atom is -0.383 e. The molecule has 0 spiro atoms. The summed E-state index contributed by atoms with van der Waals surface area (Å²) in [6.07, 6.45) is 6.00. The van der Waals surface area contributed by atoms with E-state index >= 15 is 0 Å². The minimum atomic E-state index is 0.697. The van der Waals surface area contributed by atoms with E-state index < -0.39 is 0 Å². The maximum Gasteiger partial charge on any atom is 0.169 e. The van der Waals surface area contributed by atoms with Crippen molar-refractivity contribution in [1.29, 1.82) is 0 Å². The fourth-order valence-corrected chi connectivity index (χ4v) is 3.40. The van der Waals surface area contributed by atoms with Crippen molar-refractivity contribution in [2.75, 3.05) is 19.5 Å². The van der Waals surface area contributed by atoms with Gasteiger partial charge in [-0.3, -0.25) is 5.10 Å². The quantitative estimate of drug-likeness (QED) is 0.512. The Morgan fingerprint density at radius 1 is 1.32 bits per heavy atom. The molecule has 0 fully saturated rings. The number of aromatic amines is 1. The zero-order chi connectivity index (χ0) is 15.2. The number of H-pyrrole nitrogens is 1. The molecule has 116 valence electrons. The Labute approximate surface area is 134 Å². The van der Waals surface area contributed by atoms with Gasteiger partial charge in [-0.2, -0.15) is 5.10 Å². The van der Waals surface area contributed by atoms with E-state index in [4.69, 9.17) is 9.72 Å². The Morgan fingerprint density at radius 2 is 2.23 bits per heavy atom. The number of hydrogen-bond acceptors (Lipinski definition) is 4. The Morgan fingerprint density at radius 3 is 3.05 bits per heavy atom. The topological polar surface area (TPSA) is 55.7 Å². The van der Waals surface area contributed by atoms with E-state index in [1.54, 1.807) is 7.11 Å². The number of methoxy groups -OCH3 is 1. The normalized spacial score (nSPS) is 11.3. The van der Waals surface area contributed by atoms with Gasteiger partial charge < -0.3 is 9.30 Å². The van der Waals surface area contributed by atoms with Crippen LogP contribution in [-0.4, -0.2) is 39.2 Å². The van der Waals surface area contributed by atoms with Gasteiger partial charge in [-0.15, -0.1) is 0 Å². The van der Waals surface area contributed by atoms with Gasteiger partial charge in [0.2, 0.25) is 0 Å². The number of para-hydroxylation sites is 2. The first kappa shape index (κ1) is 15.1. The average Bonchev–Trinajstić information content (AvgIpc) is 3.17. The number of nitrogens with zero attached hydrogens (tertiary/aromatic N) is 3. The molecule has 1 N–H and O–H groups in total. The molecular weight excluding hydrogens is 296 g/mol. The van der Waals surface area contributed by atoms with Crippen LogP contribution in [0.2, 0.25) is 0 Å². The molecule has 1 aromatic carbocycles. The first-order chi connectivity index (χ1) is 10.9. The summed E-state index contributed by atoms with van der Waals surface area (Å²) in [4.78, 5) is 4.75. The molecule has 0 amide bonds. The summed E-state index contributed by atoms with van der Waals surface area (Å²) in [7, 11) is 1.73. The highest BCUT2D eigenvalue weighted by atomic mass is 32.2. The number of nitrogens with one attached hydrogen (secondary N) is 1. The Balaban J connectivity index is 1.66. The molecule has 0 unspecified atom stereocenters. The third kappa shape index (κ3) is 3.51. The fraction of sp³-hybridized carbons (Fsp3) is 0.375. The number of imidazole rings is 1. The van der Waals surface area contributed by atoms with Gasteiger partial charge in [-0.1, -0.05) is 23.9 Å². The molecule has 0 radical (unpaired) electrons. The van der Waals surface area contributed by atoms with Crippen LogP contribution in [0.1, 0.15) is 12.0 Å². The molecule has 3 aromatic rings. The first-order valence-corrected chi connectivity index (χ1v) is 8.41. The summed E-state index contributed by atoms with van der Waals surface area (Å²) in [5, 5.41) is 7.90. The summed E-state index contributed by atoms with van der Waals surface area (Å²) in [5.74, 6) is 1.04. The number of benzene rings is 1. The molecule has 0 aliphatic rings. The highest BCUT2D eigenvalue weighted by Gasteiger charge is 2.10. The number of aryl methyl sites for hydroxylation is 1. The summed E-state index contributed by atoms with van der Waals surface area (Å²) < 4.78 is 7.48. The molecule has 2 aromatic heterocycles. The van der Waals surface area contributed by atoms with Crippen molar-refractivity contribution in [3.05, 3.63) is 42.2 Å². The molecule has 0 aliphatic heterocycles. The second kappa shape index (κ2) is 7.47. The van der Waals surface area contributed by atoms with Crippen LogP contribution in [0, 0.1) is 0 Å². The van der Waals surface area contributed by atoms with Crippen molar-refractivity contribution in [1.82, 2.24) is 19.7 Å². The summed E-state index contributed by atoms with van der Waals surface area (Å²) in [6, 6.07) is 8.27. The van der Waals surface area contributed by atoms with Crippen LogP contribution < -0.4 is 0 Å². The Kier molecular flexibility index (Phi) is 5.13. The van der Waals surface area contributed by atoms with Crippen LogP contribution in [0.15, 0.2) is 41.8 Å². The lowest BCUT2D eigenvalue weighted by molar-refractivity contribution is 0.186. The molecule has 0 aliphatic carbocycles. The number of aromatic nitrogens is 4. The van der Waals surface area contributed by atoms with Crippen LogP contribution in [0.25, 0.3) is 11.0 Å². The molecule has 0 bridgehead atoms. The fourth-order valence-electron chi connectivity index (χ4n) is 2.42. The minimum absolute atomic E-state index is 0.697. The number of ether oxygens (including phenoxy) is 1. The SMILES string of the molecule is COCCn1c(SCCCc2cn[nH]c2)nc2ccccc21. The van der Waals surface area contributed by atoms with Crippen molar-refractivity contribution in [2.24, 2.45) is 0 Å². The summed E-state index contributed by atoms with van der Waals surface area (Å²) >= 11 is 1.81. The zero-order valence-electron chi connectivity index (χ0n) is 12.7. The van der Waals surface area contributed by atoms with Gasteiger partial charge in [-0.05, 0) is 30.5 Å². The monoisotopic (exact) mass is 316 g/mol. The van der Waals surface area contributed by atoms with Gasteiger partial charge >= 0.3 is 0 Å². The largest absolute Gasteiger partial charge is 0.383 e. The van der Waals surface area contributed by atoms with Gasteiger partial charge in [0, 0.05) is 25.6 Å². The van der Waals surface area contributed by atoms with Crippen LogP contribution in [0.5, 0.6) is 0 Å². The van der Waals surface area contributed by atoms with Gasteiger partial charge in [0.25, 0.3) is 0 Å². The van der Waals surface area contributed by atoms with Gasteiger partial charge in [0.05, 0.1) is 23.8 Å². The maximum absolute atomic E-state index is 5.23. The van der Waals surface area contributed by atoms with E-state index in [1.165, 1.54) is 11.1 Å². The average molecular weight is 316 g/mol. The lowest BCUT2D eigenvalue weighted by Crippen LogP contribution is -2.05. The molecule has 0 atom stereocenters. The molecule has 3 rings (SSSR count). The van der Waals surface area contributed by atoms with Gasteiger partial charge in [0.15, 0.2) is 5.16 Å². The lowest BCUT2D eigenvalue weighted by Gasteiger charge is -2.08. The number of thioether (sulfide) groups is 1. The van der Waals surface area contributed by atoms with Crippen molar-refractivity contribution in [2.45, 2.75) is 24.5 Å². The number of rotatable bonds is 8. The summed E-state index contributed by atoms with van der Waals surface area (Å²) in [6.45, 7) is 1.53. The van der Waals surface area contributed by atoms with Crippen LogP contribution >= 0.6 is 11.8 Å². The maximum atomic E-state index is 5.23. The Bertz CT molecular complexity index is 708. The standard InChI is InChI=1S/C16H20N4OS/c1-21-9-8-20-15-7-3-2-6-14(15)19-16(20)22-10-4-5-13-11-17-18-12-13/h2-3,6-7,11-12H,4-5,8-10H2,1H3,(H,17,18). The molecule has 0 saturated heterocycles. The van der Waals surface area contributed by atoms with Crippen LogP contribution in [0.3, 0.4) is 0 Å². The van der Waals surface area contributed by atoms with Gasteiger partial charge in [-0.25, -0.2) is 4.98 Å². The van der Waals surface area contributed by atoms with Crippen molar-refractivity contribution in [3.8, 4) is 0 Å². The van der Waals surface area contributed by atoms with Gasteiger partial charge in [0.1, 0.15) is 0 Å². The van der Waals surface area contributed by atoms with E-state index in [0.717, 1.165) is 35.8 Å². The van der Waals surface area contributed by atoms with Crippen LogP contribution in [0.4, 0.5) is 0 Å². The smallest absolute Gasteiger partial charge is 0.169 e. The second-order valence-corrected chi connectivity index (χ2v) is 6.15. The van der Waals surface area contributed by atoms with E-state index in [9.17, 15) is 0 Å². The summed E-state index contributed by atoms with van der Waals surface area (Å²) in [5.41, 5.74) is 3.49. The molecular formula is C16H20N4OS. The first-order valence-electron chi connectivity index (χ1n) is 7.43. The molecule has 5 nitrogen and oxygen atoms in total. The van der Waals surface area contributed by atoms with E-state index in [-0.39, 0.29) is 0 Å². The third-order valence-electron chi connectivity index (χ3n) is 3.53. The highest BCUT2D eigenvalue weighted by Crippen LogP contribution is 2.24. The number of hydrogen-bond donors (Lipinski definition) is 1. The predicted octanol–water partition coefficient (Wildman–Crippen LogP) is 3.13. The molecule has 22 heavy (non-hydrogen) atoms. The van der Waals surface area contributed by atoms with Crippen molar-refractivity contribution >= 4 is 22.8 Å². The molecule has 2 heterocycles. The number of fused-ring (bicyclic) bond motifs is 1. The van der Waals surface area contributed by atoms with Crippen LogP contribution in [-0.2, 0) is 17.7 Å². The highest BCUT2D eigenvalue weighted by molar-refractivity contribution is 7.99.